The molecule has 2 N–H and O–H groups in total. The van der Waals surface area contributed by atoms with Gasteiger partial charge in [-0.15, -0.1) is 0 Å². The summed E-state index contributed by atoms with van der Waals surface area (Å²) in [7, 11) is 0. The summed E-state index contributed by atoms with van der Waals surface area (Å²) in [5.74, 6) is -0.874. The first kappa shape index (κ1) is 14.3. The third kappa shape index (κ3) is 8.69. The van der Waals surface area contributed by atoms with Gasteiger partial charge in [-0.3, -0.25) is 0 Å². The average Bonchev–Trinajstić information content (AvgIpc) is 1.82. The Labute approximate surface area is 92.9 Å². The van der Waals surface area contributed by atoms with Gasteiger partial charge in [-0.1, -0.05) is 13.8 Å². The van der Waals surface area contributed by atoms with Crippen LogP contribution < -0.4 is 0 Å². The van der Waals surface area contributed by atoms with Gasteiger partial charge in [0.25, 0.3) is 0 Å². The number of hydrogen-bond acceptors (Lipinski definition) is 3. The molecule has 0 aliphatic heterocycles. The Morgan fingerprint density at radius 2 is 2.00 bits per heavy atom. The van der Waals surface area contributed by atoms with Crippen molar-refractivity contribution in [3.63, 3.8) is 0 Å². The number of aliphatic carboxylic acids is 1. The fourth-order valence-electron chi connectivity index (χ4n) is 0.355. The number of thioether (sulfide) groups is 1. The van der Waals surface area contributed by atoms with E-state index < -0.39 is 12.1 Å². The molecule has 0 aromatic rings. The first-order chi connectivity index (χ1) is 4.54. The van der Waals surface area contributed by atoms with Crippen molar-refractivity contribution < 1.29 is 15.0 Å². The van der Waals surface area contributed by atoms with E-state index in [2.05, 4.69) is 0 Å². The fourth-order valence-corrected chi connectivity index (χ4v) is 1.06. The Morgan fingerprint density at radius 3 is 2.27 bits per heavy atom. The number of aliphatic hydroxyl groups is 1. The molecular weight excluding hydrogens is 175 g/mol. The number of carboxylic acid groups (broad SMARTS) is 1. The second-order valence-electron chi connectivity index (χ2n) is 2.24. The quantitative estimate of drug-likeness (QED) is 0.606. The van der Waals surface area contributed by atoms with E-state index in [1.807, 2.05) is 13.8 Å². The molecule has 0 aliphatic carbocycles. The van der Waals surface area contributed by atoms with E-state index in [9.17, 15) is 4.79 Å². The molecule has 5 heteroatoms. The molecule has 0 fully saturated rings. The van der Waals surface area contributed by atoms with Crippen LogP contribution in [0.5, 0.6) is 0 Å². The van der Waals surface area contributed by atoms with Crippen molar-refractivity contribution in [1.82, 2.24) is 0 Å². The van der Waals surface area contributed by atoms with Crippen LogP contribution >= 0.6 is 11.8 Å². The van der Waals surface area contributed by atoms with Gasteiger partial charge < -0.3 is 10.2 Å². The first-order valence-electron chi connectivity index (χ1n) is 3.06. The van der Waals surface area contributed by atoms with Crippen molar-refractivity contribution in [1.29, 1.82) is 0 Å². The summed E-state index contributed by atoms with van der Waals surface area (Å²) in [6.07, 6.45) is -1.22. The van der Waals surface area contributed by atoms with Crippen LogP contribution in [0.25, 0.3) is 0 Å². The van der Waals surface area contributed by atoms with Crippen molar-refractivity contribution in [2.45, 2.75) is 25.2 Å². The van der Waals surface area contributed by atoms with E-state index in [4.69, 9.17) is 10.2 Å². The fraction of sp³-hybridized carbons (Fsp3) is 0.833. The summed E-state index contributed by atoms with van der Waals surface area (Å²) in [5.41, 5.74) is 0. The van der Waals surface area contributed by atoms with Gasteiger partial charge >= 0.3 is 35.5 Å². The number of rotatable bonds is 4. The van der Waals surface area contributed by atoms with Crippen LogP contribution in [0.2, 0.25) is 0 Å². The predicted octanol–water partition coefficient (Wildman–Crippen LogP) is -0.0750. The number of carboxylic acids is 1. The zero-order chi connectivity index (χ0) is 8.15. The third-order valence-corrected chi connectivity index (χ3v) is 2.05. The summed E-state index contributed by atoms with van der Waals surface area (Å²) in [6, 6.07) is 0. The number of carbonyl (C=O) groups is 1. The van der Waals surface area contributed by atoms with Gasteiger partial charge in [0.2, 0.25) is 0 Å². The molecule has 0 amide bonds. The van der Waals surface area contributed by atoms with E-state index in [1.54, 1.807) is 0 Å². The topological polar surface area (TPSA) is 57.5 Å². The molecule has 0 radical (unpaired) electrons. The molecule has 0 rings (SSSR count). The van der Waals surface area contributed by atoms with E-state index in [0.29, 0.717) is 5.25 Å². The molecule has 0 unspecified atom stereocenters. The molecular formula is C6H13NaO3S. The molecule has 1 atom stereocenters. The zero-order valence-corrected chi connectivity index (χ0v) is 6.89. The van der Waals surface area contributed by atoms with E-state index in [0.717, 1.165) is 0 Å². The first-order valence-corrected chi connectivity index (χ1v) is 4.11. The molecule has 0 heterocycles. The van der Waals surface area contributed by atoms with Gasteiger partial charge in [0.05, 0.1) is 0 Å². The molecule has 11 heavy (non-hydrogen) atoms. The maximum atomic E-state index is 10.0. The van der Waals surface area contributed by atoms with Crippen molar-refractivity contribution in [2.24, 2.45) is 0 Å². The van der Waals surface area contributed by atoms with Crippen molar-refractivity contribution in [3.8, 4) is 0 Å². The van der Waals surface area contributed by atoms with E-state index in [1.165, 1.54) is 11.8 Å². The monoisotopic (exact) mass is 188 g/mol. The normalized spacial score (nSPS) is 12.4. The van der Waals surface area contributed by atoms with Crippen molar-refractivity contribution >= 4 is 47.3 Å². The molecule has 62 valence electrons. The van der Waals surface area contributed by atoms with Gasteiger partial charge in [0, 0.05) is 5.75 Å². The second kappa shape index (κ2) is 7.43. The van der Waals surface area contributed by atoms with Gasteiger partial charge in [-0.05, 0) is 5.25 Å². The maximum absolute atomic E-state index is 10.0. The van der Waals surface area contributed by atoms with E-state index >= 15 is 0 Å². The van der Waals surface area contributed by atoms with Crippen LogP contribution in [0.1, 0.15) is 13.8 Å². The summed E-state index contributed by atoms with van der Waals surface area (Å²) >= 11 is 1.44. The number of hydrogen-bond donors (Lipinski definition) is 2. The van der Waals surface area contributed by atoms with Crippen LogP contribution in [0.15, 0.2) is 0 Å². The van der Waals surface area contributed by atoms with E-state index in [-0.39, 0.29) is 35.3 Å². The average molecular weight is 188 g/mol. The van der Waals surface area contributed by atoms with Crippen LogP contribution in [0.4, 0.5) is 0 Å². The van der Waals surface area contributed by atoms with Gasteiger partial charge in [-0.2, -0.15) is 11.8 Å². The SMILES string of the molecule is CC(C)SC[C@H](O)C(=O)O.[NaH]. The standard InChI is InChI=1S/C6H12O3S.Na.H/c1-4(2)10-3-5(7)6(8)9;;/h4-5,7H,3H2,1-2H3,(H,8,9);;/t5-;;/m0../s1. The summed E-state index contributed by atoms with van der Waals surface area (Å²) in [5, 5.41) is 17.4. The number of aliphatic hydroxyl groups excluding tert-OH is 1. The third-order valence-electron chi connectivity index (χ3n) is 0.872. The minimum absolute atomic E-state index is 0. The van der Waals surface area contributed by atoms with Crippen LogP contribution in [-0.2, 0) is 4.79 Å². The van der Waals surface area contributed by atoms with Crippen molar-refractivity contribution in [2.75, 3.05) is 5.75 Å². The molecule has 0 bridgehead atoms. The summed E-state index contributed by atoms with van der Waals surface area (Å²) in [6.45, 7) is 3.92. The summed E-state index contributed by atoms with van der Waals surface area (Å²) in [4.78, 5) is 10.0. The molecule has 0 saturated carbocycles. The van der Waals surface area contributed by atoms with Gasteiger partial charge in [0.1, 0.15) is 0 Å². The van der Waals surface area contributed by atoms with Crippen molar-refractivity contribution in [3.05, 3.63) is 0 Å². The zero-order valence-electron chi connectivity index (χ0n) is 6.07. The molecule has 0 saturated heterocycles. The Morgan fingerprint density at radius 1 is 1.55 bits per heavy atom. The Kier molecular flexibility index (Phi) is 9.67. The molecule has 0 aromatic heterocycles. The van der Waals surface area contributed by atoms with Crippen LogP contribution in [0.3, 0.4) is 0 Å². The van der Waals surface area contributed by atoms with Gasteiger partial charge in [-0.25, -0.2) is 4.79 Å². The minimum atomic E-state index is -1.22. The second-order valence-corrected chi connectivity index (χ2v) is 3.85. The van der Waals surface area contributed by atoms with Gasteiger partial charge in [0.15, 0.2) is 6.10 Å². The Balaban J connectivity index is 0. The Hall–Kier alpha value is 0.780. The van der Waals surface area contributed by atoms with Crippen LogP contribution in [0, 0.1) is 0 Å². The summed E-state index contributed by atoms with van der Waals surface area (Å²) < 4.78 is 0. The molecule has 0 spiro atoms. The molecule has 3 nitrogen and oxygen atoms in total. The van der Waals surface area contributed by atoms with Crippen LogP contribution in [-0.4, -0.2) is 62.8 Å². The predicted molar refractivity (Wildman–Crippen MR) is 48.4 cm³/mol. The molecule has 0 aliphatic rings. The molecule has 0 aromatic carbocycles. The Bertz CT molecular complexity index is 118.